The lowest BCUT2D eigenvalue weighted by atomic mass is 9.76. The monoisotopic (exact) mass is 339 g/mol. The summed E-state index contributed by atoms with van der Waals surface area (Å²) >= 11 is 0. The molecular formula is C18H26ClNO3. The molecule has 0 aliphatic heterocycles. The standard InChI is InChI=1S/C18H25NO3.ClH/c1-4-10-19(11-5-2)18(17(21)22-3)9-8-14-12-16(20)7-6-15(14)13-18;/h4,6-7,12,20H,1,5,8-11,13H2,2-3H3;1H. The van der Waals surface area contributed by atoms with Gasteiger partial charge < -0.3 is 9.84 Å². The van der Waals surface area contributed by atoms with E-state index in [2.05, 4.69) is 18.4 Å². The highest BCUT2D eigenvalue weighted by Gasteiger charge is 2.46. The van der Waals surface area contributed by atoms with Crippen LogP contribution in [-0.4, -0.2) is 41.7 Å². The van der Waals surface area contributed by atoms with Gasteiger partial charge >= 0.3 is 5.97 Å². The summed E-state index contributed by atoms with van der Waals surface area (Å²) in [6.45, 7) is 7.42. The lowest BCUT2D eigenvalue weighted by molar-refractivity contribution is -0.156. The maximum atomic E-state index is 12.6. The SMILES string of the molecule is C=CCN(CCC)C1(C(=O)OC)CCc2cc(O)ccc2C1.Cl. The van der Waals surface area contributed by atoms with E-state index in [4.69, 9.17) is 4.74 Å². The number of aryl methyl sites for hydroxylation is 1. The van der Waals surface area contributed by atoms with Crippen molar-refractivity contribution in [2.75, 3.05) is 20.2 Å². The first-order valence-corrected chi connectivity index (χ1v) is 7.82. The molecule has 5 heteroatoms. The van der Waals surface area contributed by atoms with E-state index in [0.717, 1.165) is 30.5 Å². The van der Waals surface area contributed by atoms with Gasteiger partial charge in [0.25, 0.3) is 0 Å². The topological polar surface area (TPSA) is 49.8 Å². The molecule has 1 aliphatic rings. The van der Waals surface area contributed by atoms with Crippen LogP contribution in [0, 0.1) is 0 Å². The fraction of sp³-hybridized carbons (Fsp3) is 0.500. The third-order valence-electron chi connectivity index (χ3n) is 4.49. The van der Waals surface area contributed by atoms with E-state index in [0.29, 0.717) is 19.4 Å². The number of carbonyl (C=O) groups is 1. The maximum Gasteiger partial charge on any atom is 0.326 e. The Kier molecular flexibility index (Phi) is 7.10. The lowest BCUT2D eigenvalue weighted by Gasteiger charge is -2.44. The molecule has 1 aromatic rings. The molecule has 4 nitrogen and oxygen atoms in total. The highest BCUT2D eigenvalue weighted by Crippen LogP contribution is 2.36. The third-order valence-corrected chi connectivity index (χ3v) is 4.49. The third kappa shape index (κ3) is 3.88. The van der Waals surface area contributed by atoms with Crippen molar-refractivity contribution in [3.05, 3.63) is 42.0 Å². The van der Waals surface area contributed by atoms with E-state index in [1.165, 1.54) is 7.11 Å². The highest BCUT2D eigenvalue weighted by atomic mass is 35.5. The second-order valence-corrected chi connectivity index (χ2v) is 5.89. The Balaban J connectivity index is 0.00000264. The van der Waals surface area contributed by atoms with E-state index in [1.807, 2.05) is 12.1 Å². The molecule has 0 spiro atoms. The minimum atomic E-state index is -0.636. The van der Waals surface area contributed by atoms with Gasteiger partial charge in [0.15, 0.2) is 0 Å². The molecule has 0 heterocycles. The van der Waals surface area contributed by atoms with Crippen LogP contribution in [-0.2, 0) is 22.4 Å². The summed E-state index contributed by atoms with van der Waals surface area (Å²) in [5.74, 6) is 0.0994. The maximum absolute atomic E-state index is 12.6. The predicted molar refractivity (Wildman–Crippen MR) is 94.2 cm³/mol. The molecule has 0 bridgehead atoms. The molecule has 0 aromatic heterocycles. The number of rotatable bonds is 6. The molecule has 1 aliphatic carbocycles. The zero-order valence-corrected chi connectivity index (χ0v) is 14.7. The van der Waals surface area contributed by atoms with Gasteiger partial charge in [0.2, 0.25) is 0 Å². The van der Waals surface area contributed by atoms with Gasteiger partial charge in [-0.25, -0.2) is 0 Å². The minimum absolute atomic E-state index is 0. The van der Waals surface area contributed by atoms with Crippen molar-refractivity contribution in [1.29, 1.82) is 0 Å². The van der Waals surface area contributed by atoms with Gasteiger partial charge in [-0.15, -0.1) is 19.0 Å². The Hall–Kier alpha value is -1.52. The summed E-state index contributed by atoms with van der Waals surface area (Å²) in [5, 5.41) is 9.64. The average molecular weight is 340 g/mol. The number of fused-ring (bicyclic) bond motifs is 1. The fourth-order valence-corrected chi connectivity index (χ4v) is 3.43. The molecule has 1 aromatic carbocycles. The number of phenols is 1. The Morgan fingerprint density at radius 3 is 2.83 bits per heavy atom. The number of esters is 1. The van der Waals surface area contributed by atoms with E-state index in [1.54, 1.807) is 12.1 Å². The number of nitrogens with zero attached hydrogens (tertiary/aromatic N) is 1. The van der Waals surface area contributed by atoms with Crippen LogP contribution < -0.4 is 0 Å². The molecule has 1 N–H and O–H groups in total. The second-order valence-electron chi connectivity index (χ2n) is 5.89. The Morgan fingerprint density at radius 1 is 1.48 bits per heavy atom. The van der Waals surface area contributed by atoms with Crippen molar-refractivity contribution < 1.29 is 14.6 Å². The zero-order valence-electron chi connectivity index (χ0n) is 13.9. The number of benzene rings is 1. The molecule has 0 saturated heterocycles. The predicted octanol–water partition coefficient (Wildman–Crippen LogP) is 3.11. The molecular weight excluding hydrogens is 314 g/mol. The smallest absolute Gasteiger partial charge is 0.326 e. The van der Waals surface area contributed by atoms with Gasteiger partial charge in [0, 0.05) is 13.0 Å². The van der Waals surface area contributed by atoms with Crippen molar-refractivity contribution in [2.24, 2.45) is 0 Å². The number of aromatic hydroxyl groups is 1. The molecule has 0 radical (unpaired) electrons. The van der Waals surface area contributed by atoms with Gasteiger partial charge in [-0.1, -0.05) is 19.1 Å². The number of methoxy groups -OCH3 is 1. The molecule has 1 atom stereocenters. The summed E-state index contributed by atoms with van der Waals surface area (Å²) in [7, 11) is 1.45. The van der Waals surface area contributed by atoms with Gasteiger partial charge in [0.1, 0.15) is 11.3 Å². The molecule has 23 heavy (non-hydrogen) atoms. The van der Waals surface area contributed by atoms with Crippen molar-refractivity contribution in [3.8, 4) is 5.75 Å². The Morgan fingerprint density at radius 2 is 2.22 bits per heavy atom. The first-order valence-electron chi connectivity index (χ1n) is 7.82. The molecule has 0 saturated carbocycles. The van der Waals surface area contributed by atoms with Crippen molar-refractivity contribution in [1.82, 2.24) is 4.90 Å². The van der Waals surface area contributed by atoms with E-state index in [-0.39, 0.29) is 24.1 Å². The van der Waals surface area contributed by atoms with E-state index >= 15 is 0 Å². The summed E-state index contributed by atoms with van der Waals surface area (Å²) in [4.78, 5) is 14.8. The van der Waals surface area contributed by atoms with Crippen LogP contribution in [0.5, 0.6) is 5.75 Å². The quantitative estimate of drug-likeness (QED) is 0.639. The minimum Gasteiger partial charge on any atom is -0.508 e. The summed E-state index contributed by atoms with van der Waals surface area (Å²) in [6.07, 6.45) is 4.88. The van der Waals surface area contributed by atoms with Crippen LogP contribution in [0.4, 0.5) is 0 Å². The first kappa shape index (κ1) is 19.5. The summed E-state index contributed by atoms with van der Waals surface area (Å²) in [5.41, 5.74) is 1.59. The average Bonchev–Trinajstić information content (AvgIpc) is 2.53. The molecule has 128 valence electrons. The highest BCUT2D eigenvalue weighted by molar-refractivity contribution is 5.85. The normalized spacial score (nSPS) is 19.6. The summed E-state index contributed by atoms with van der Waals surface area (Å²) in [6, 6.07) is 5.40. The van der Waals surface area contributed by atoms with Crippen LogP contribution in [0.25, 0.3) is 0 Å². The number of halogens is 1. The van der Waals surface area contributed by atoms with Gasteiger partial charge in [0.05, 0.1) is 7.11 Å². The van der Waals surface area contributed by atoms with Gasteiger partial charge in [-0.05, 0) is 49.1 Å². The fourth-order valence-electron chi connectivity index (χ4n) is 3.43. The van der Waals surface area contributed by atoms with E-state index in [9.17, 15) is 9.90 Å². The summed E-state index contributed by atoms with van der Waals surface area (Å²) < 4.78 is 5.14. The molecule has 1 unspecified atom stereocenters. The number of hydrogen-bond acceptors (Lipinski definition) is 4. The second kappa shape index (κ2) is 8.37. The van der Waals surface area contributed by atoms with Crippen molar-refractivity contribution in [2.45, 2.75) is 38.1 Å². The van der Waals surface area contributed by atoms with Crippen LogP contribution in [0.15, 0.2) is 30.9 Å². The van der Waals surface area contributed by atoms with Gasteiger partial charge in [-0.2, -0.15) is 0 Å². The van der Waals surface area contributed by atoms with Crippen LogP contribution in [0.3, 0.4) is 0 Å². The first-order chi connectivity index (χ1) is 10.6. The van der Waals surface area contributed by atoms with Gasteiger partial charge in [-0.3, -0.25) is 9.69 Å². The van der Waals surface area contributed by atoms with E-state index < -0.39 is 5.54 Å². The van der Waals surface area contributed by atoms with Crippen LogP contribution in [0.1, 0.15) is 30.9 Å². The molecule has 2 rings (SSSR count). The largest absolute Gasteiger partial charge is 0.508 e. The number of hydrogen-bond donors (Lipinski definition) is 1. The lowest BCUT2D eigenvalue weighted by Crippen LogP contribution is -2.58. The van der Waals surface area contributed by atoms with Crippen molar-refractivity contribution >= 4 is 18.4 Å². The number of carbonyl (C=O) groups excluding carboxylic acids is 1. The Labute approximate surface area is 144 Å². The Bertz CT molecular complexity index is 561. The van der Waals surface area contributed by atoms with Crippen LogP contribution >= 0.6 is 12.4 Å². The number of phenolic OH excluding ortho intramolecular Hbond substituents is 1. The molecule has 0 fully saturated rings. The zero-order chi connectivity index (χ0) is 16.2. The number of ether oxygens (including phenoxy) is 1. The van der Waals surface area contributed by atoms with Crippen LogP contribution in [0.2, 0.25) is 0 Å². The molecule has 0 amide bonds. The van der Waals surface area contributed by atoms with Crippen molar-refractivity contribution in [3.63, 3.8) is 0 Å².